The van der Waals surface area contributed by atoms with E-state index in [0.29, 0.717) is 21.5 Å². The van der Waals surface area contributed by atoms with E-state index in [1.165, 1.54) is 11.8 Å². The zero-order valence-electron chi connectivity index (χ0n) is 10.7. The Kier molecular flexibility index (Phi) is 5.40. The summed E-state index contributed by atoms with van der Waals surface area (Å²) in [7, 11) is 0. The van der Waals surface area contributed by atoms with Crippen LogP contribution in [0.5, 0.6) is 0 Å². The molecule has 0 aliphatic rings. The number of carbonyl (C=O) groups is 1. The van der Waals surface area contributed by atoms with Gasteiger partial charge in [-0.15, -0.1) is 11.8 Å². The number of anilines is 1. The predicted octanol–water partition coefficient (Wildman–Crippen LogP) is 4.85. The lowest BCUT2D eigenvalue weighted by Gasteiger charge is -2.12. The van der Waals surface area contributed by atoms with E-state index in [4.69, 9.17) is 27.6 Å². The van der Waals surface area contributed by atoms with Crippen LogP contribution >= 0.6 is 35.0 Å². The molecule has 0 bridgehead atoms. The number of carbonyl (C=O) groups excluding carboxylic acids is 1. The van der Waals surface area contributed by atoms with E-state index in [1.807, 2.05) is 19.1 Å². The Morgan fingerprint density at radius 1 is 1.40 bits per heavy atom. The van der Waals surface area contributed by atoms with Crippen LogP contribution in [0.25, 0.3) is 0 Å². The van der Waals surface area contributed by atoms with E-state index >= 15 is 0 Å². The zero-order chi connectivity index (χ0) is 14.5. The van der Waals surface area contributed by atoms with Crippen molar-refractivity contribution in [2.24, 2.45) is 0 Å². The maximum Gasteiger partial charge on any atom is 0.237 e. The normalized spacial score (nSPS) is 12.2. The average Bonchev–Trinajstić information content (AvgIpc) is 2.93. The highest BCUT2D eigenvalue weighted by molar-refractivity contribution is 7.99. The minimum absolute atomic E-state index is 0.120. The molecular weight excluding hydrogens is 317 g/mol. The van der Waals surface area contributed by atoms with Crippen LogP contribution < -0.4 is 5.32 Å². The van der Waals surface area contributed by atoms with Gasteiger partial charge in [-0.1, -0.05) is 23.2 Å². The summed E-state index contributed by atoms with van der Waals surface area (Å²) in [4.78, 5) is 12.1. The zero-order valence-corrected chi connectivity index (χ0v) is 13.1. The van der Waals surface area contributed by atoms with Gasteiger partial charge in [0.25, 0.3) is 0 Å². The first-order chi connectivity index (χ1) is 9.56. The largest absolute Gasteiger partial charge is 0.468 e. The van der Waals surface area contributed by atoms with Crippen LogP contribution in [0.4, 0.5) is 5.69 Å². The number of thioether (sulfide) groups is 1. The topological polar surface area (TPSA) is 42.2 Å². The van der Waals surface area contributed by atoms with E-state index < -0.39 is 0 Å². The average molecular weight is 330 g/mol. The Morgan fingerprint density at radius 3 is 2.90 bits per heavy atom. The third-order valence-electron chi connectivity index (χ3n) is 2.61. The number of furan rings is 1. The van der Waals surface area contributed by atoms with Gasteiger partial charge in [-0.25, -0.2) is 0 Å². The molecule has 0 unspecified atom stereocenters. The molecule has 2 rings (SSSR count). The summed E-state index contributed by atoms with van der Waals surface area (Å²) < 4.78 is 5.23. The van der Waals surface area contributed by atoms with Crippen LogP contribution in [0.1, 0.15) is 12.7 Å². The first-order valence-electron chi connectivity index (χ1n) is 5.96. The summed E-state index contributed by atoms with van der Waals surface area (Å²) in [6, 6.07) is 8.67. The van der Waals surface area contributed by atoms with Crippen molar-refractivity contribution in [3.8, 4) is 0 Å². The second-order valence-electron chi connectivity index (χ2n) is 4.15. The summed E-state index contributed by atoms with van der Waals surface area (Å²) in [5.74, 6) is 1.37. The Bertz CT molecular complexity index is 587. The summed E-state index contributed by atoms with van der Waals surface area (Å²) in [6.07, 6.45) is 1.62. The molecule has 0 saturated heterocycles. The number of hydrogen-bond acceptors (Lipinski definition) is 3. The molecular formula is C14H13Cl2NO2S. The van der Waals surface area contributed by atoms with Crippen molar-refractivity contribution in [2.75, 3.05) is 5.32 Å². The van der Waals surface area contributed by atoms with Crippen LogP contribution in [0.3, 0.4) is 0 Å². The maximum atomic E-state index is 12.1. The first kappa shape index (κ1) is 15.3. The molecule has 1 N–H and O–H groups in total. The Morgan fingerprint density at radius 2 is 2.20 bits per heavy atom. The number of amides is 1. The van der Waals surface area contributed by atoms with Crippen molar-refractivity contribution in [1.82, 2.24) is 0 Å². The van der Waals surface area contributed by atoms with Gasteiger partial charge in [-0.05, 0) is 37.3 Å². The van der Waals surface area contributed by atoms with Crippen molar-refractivity contribution in [2.45, 2.75) is 17.9 Å². The fourth-order valence-electron chi connectivity index (χ4n) is 1.51. The fourth-order valence-corrected chi connectivity index (χ4v) is 2.63. The maximum absolute atomic E-state index is 12.1. The van der Waals surface area contributed by atoms with Gasteiger partial charge in [0, 0.05) is 5.02 Å². The molecule has 106 valence electrons. The van der Waals surface area contributed by atoms with Crippen molar-refractivity contribution in [3.63, 3.8) is 0 Å². The van der Waals surface area contributed by atoms with Gasteiger partial charge in [0.15, 0.2) is 0 Å². The lowest BCUT2D eigenvalue weighted by Crippen LogP contribution is -2.22. The number of nitrogens with one attached hydrogen (secondary N) is 1. The van der Waals surface area contributed by atoms with Crippen molar-refractivity contribution < 1.29 is 9.21 Å². The molecule has 0 aliphatic carbocycles. The molecule has 3 nitrogen and oxygen atoms in total. The van der Waals surface area contributed by atoms with Gasteiger partial charge in [-0.2, -0.15) is 0 Å². The molecule has 1 heterocycles. The Labute approximate surface area is 131 Å². The molecule has 1 aromatic heterocycles. The highest BCUT2D eigenvalue weighted by Gasteiger charge is 2.15. The van der Waals surface area contributed by atoms with Gasteiger partial charge in [0.05, 0.1) is 28.0 Å². The lowest BCUT2D eigenvalue weighted by atomic mass is 10.3. The molecule has 2 aromatic rings. The van der Waals surface area contributed by atoms with Crippen LogP contribution in [-0.2, 0) is 10.5 Å². The summed E-state index contributed by atoms with van der Waals surface area (Å²) in [5.41, 5.74) is 0.523. The summed E-state index contributed by atoms with van der Waals surface area (Å²) >= 11 is 13.4. The smallest absolute Gasteiger partial charge is 0.237 e. The monoisotopic (exact) mass is 329 g/mol. The molecule has 0 spiro atoms. The van der Waals surface area contributed by atoms with E-state index in [2.05, 4.69) is 5.32 Å². The quantitative estimate of drug-likeness (QED) is 0.852. The highest BCUT2D eigenvalue weighted by Crippen LogP contribution is 2.26. The molecule has 6 heteroatoms. The molecule has 1 amide bonds. The van der Waals surface area contributed by atoms with E-state index in [-0.39, 0.29) is 11.2 Å². The minimum atomic E-state index is -0.227. The second kappa shape index (κ2) is 7.07. The van der Waals surface area contributed by atoms with Crippen molar-refractivity contribution >= 4 is 46.6 Å². The van der Waals surface area contributed by atoms with Gasteiger partial charge >= 0.3 is 0 Å². The van der Waals surface area contributed by atoms with E-state index in [1.54, 1.807) is 24.5 Å². The van der Waals surface area contributed by atoms with Crippen molar-refractivity contribution in [1.29, 1.82) is 0 Å². The van der Waals surface area contributed by atoms with Gasteiger partial charge < -0.3 is 9.73 Å². The predicted molar refractivity (Wildman–Crippen MR) is 84.6 cm³/mol. The highest BCUT2D eigenvalue weighted by atomic mass is 35.5. The first-order valence-corrected chi connectivity index (χ1v) is 7.76. The molecule has 1 atom stereocenters. The second-order valence-corrected chi connectivity index (χ2v) is 6.32. The van der Waals surface area contributed by atoms with Gasteiger partial charge in [0.2, 0.25) is 5.91 Å². The van der Waals surface area contributed by atoms with E-state index in [9.17, 15) is 4.79 Å². The molecule has 0 aliphatic heterocycles. The molecule has 0 fully saturated rings. The summed E-state index contributed by atoms with van der Waals surface area (Å²) in [5, 5.41) is 3.54. The van der Waals surface area contributed by atoms with E-state index in [0.717, 1.165) is 5.76 Å². The molecule has 1 aromatic carbocycles. The third-order valence-corrected chi connectivity index (χ3v) is 4.34. The molecule has 20 heavy (non-hydrogen) atoms. The third kappa shape index (κ3) is 4.20. The Balaban J connectivity index is 1.92. The molecule has 0 saturated carbocycles. The van der Waals surface area contributed by atoms with Gasteiger partial charge in [-0.3, -0.25) is 4.79 Å². The molecule has 0 radical (unpaired) electrons. The van der Waals surface area contributed by atoms with Crippen LogP contribution in [0.15, 0.2) is 41.0 Å². The number of benzene rings is 1. The van der Waals surface area contributed by atoms with Crippen LogP contribution in [-0.4, -0.2) is 11.2 Å². The number of halogens is 2. The number of rotatable bonds is 5. The summed E-state index contributed by atoms with van der Waals surface area (Å²) in [6.45, 7) is 1.83. The SMILES string of the molecule is C[C@H](SCc1ccco1)C(=O)Nc1cc(Cl)ccc1Cl. The standard InChI is InChI=1S/C14H13Cl2NO2S/c1-9(20-8-11-3-2-6-19-11)14(18)17-13-7-10(15)4-5-12(13)16/h2-7,9H,8H2,1H3,(H,17,18)/t9-/m0/s1. The minimum Gasteiger partial charge on any atom is -0.468 e. The van der Waals surface area contributed by atoms with Crippen LogP contribution in [0, 0.1) is 0 Å². The lowest BCUT2D eigenvalue weighted by molar-refractivity contribution is -0.115. The van der Waals surface area contributed by atoms with Crippen LogP contribution in [0.2, 0.25) is 10.0 Å². The van der Waals surface area contributed by atoms with Crippen molar-refractivity contribution in [3.05, 3.63) is 52.4 Å². The fraction of sp³-hybridized carbons (Fsp3) is 0.214. The van der Waals surface area contributed by atoms with Gasteiger partial charge in [0.1, 0.15) is 5.76 Å². The Hall–Kier alpha value is -1.10. The number of hydrogen-bond donors (Lipinski definition) is 1.